The molecule has 0 unspecified atom stereocenters. The third-order valence-corrected chi connectivity index (χ3v) is 4.31. The molecule has 0 atom stereocenters. The van der Waals surface area contributed by atoms with Crippen LogP contribution in [0.2, 0.25) is 0 Å². The Morgan fingerprint density at radius 1 is 0.952 bits per heavy atom. The number of hydrogen-bond donors (Lipinski definition) is 1. The van der Waals surface area contributed by atoms with Gasteiger partial charge in [-0.2, -0.15) is 0 Å². The van der Waals surface area contributed by atoms with Gasteiger partial charge in [0.2, 0.25) is 0 Å². The summed E-state index contributed by atoms with van der Waals surface area (Å²) in [5, 5.41) is 3.36. The SMILES string of the molecule is CC(C)N1CCN(c2ccc(N3CCNCC3)cc2)C1=O. The molecule has 0 radical (unpaired) electrons. The summed E-state index contributed by atoms with van der Waals surface area (Å²) in [6, 6.07) is 8.79. The number of piperazine rings is 1. The zero-order chi connectivity index (χ0) is 14.8. The summed E-state index contributed by atoms with van der Waals surface area (Å²) in [4.78, 5) is 18.5. The molecule has 3 rings (SSSR count). The van der Waals surface area contributed by atoms with Gasteiger partial charge in [0.05, 0.1) is 0 Å². The number of anilines is 2. The molecule has 0 aromatic heterocycles. The van der Waals surface area contributed by atoms with E-state index in [1.807, 2.05) is 9.80 Å². The van der Waals surface area contributed by atoms with Crippen molar-refractivity contribution in [3.8, 4) is 0 Å². The maximum atomic E-state index is 12.4. The van der Waals surface area contributed by atoms with E-state index >= 15 is 0 Å². The second-order valence-electron chi connectivity index (χ2n) is 5.97. The summed E-state index contributed by atoms with van der Waals surface area (Å²) in [5.74, 6) is 0. The number of carbonyl (C=O) groups excluding carboxylic acids is 1. The molecule has 21 heavy (non-hydrogen) atoms. The summed E-state index contributed by atoms with van der Waals surface area (Å²) in [6.45, 7) is 9.89. The second-order valence-corrected chi connectivity index (χ2v) is 5.97. The topological polar surface area (TPSA) is 38.8 Å². The first-order valence-corrected chi connectivity index (χ1v) is 7.80. The molecular weight excluding hydrogens is 264 g/mol. The molecule has 0 aliphatic carbocycles. The monoisotopic (exact) mass is 288 g/mol. The quantitative estimate of drug-likeness (QED) is 0.921. The van der Waals surface area contributed by atoms with E-state index < -0.39 is 0 Å². The summed E-state index contributed by atoms with van der Waals surface area (Å²) in [7, 11) is 0. The first-order valence-electron chi connectivity index (χ1n) is 7.80. The van der Waals surface area contributed by atoms with Crippen molar-refractivity contribution in [1.29, 1.82) is 0 Å². The third kappa shape index (κ3) is 2.83. The van der Waals surface area contributed by atoms with Crippen molar-refractivity contribution in [3.63, 3.8) is 0 Å². The standard InChI is InChI=1S/C16H24N4O/c1-13(2)19-11-12-20(16(19)21)15-5-3-14(4-6-15)18-9-7-17-8-10-18/h3-6,13,17H,7-12H2,1-2H3. The summed E-state index contributed by atoms with van der Waals surface area (Å²) in [5.41, 5.74) is 2.25. The molecule has 0 saturated carbocycles. The molecule has 2 amide bonds. The van der Waals surface area contributed by atoms with Crippen LogP contribution in [-0.4, -0.2) is 56.2 Å². The summed E-state index contributed by atoms with van der Waals surface area (Å²) >= 11 is 0. The smallest absolute Gasteiger partial charge is 0.324 e. The third-order valence-electron chi connectivity index (χ3n) is 4.31. The predicted octanol–water partition coefficient (Wildman–Crippen LogP) is 1.75. The molecule has 2 heterocycles. The van der Waals surface area contributed by atoms with Crippen LogP contribution >= 0.6 is 0 Å². The van der Waals surface area contributed by atoms with Gasteiger partial charge in [0.25, 0.3) is 0 Å². The minimum Gasteiger partial charge on any atom is -0.369 e. The number of hydrogen-bond acceptors (Lipinski definition) is 3. The van der Waals surface area contributed by atoms with E-state index in [4.69, 9.17) is 0 Å². The van der Waals surface area contributed by atoms with E-state index in [9.17, 15) is 4.79 Å². The van der Waals surface area contributed by atoms with Crippen molar-refractivity contribution in [3.05, 3.63) is 24.3 Å². The molecule has 1 aromatic rings. The van der Waals surface area contributed by atoms with Crippen LogP contribution in [0.1, 0.15) is 13.8 Å². The zero-order valence-corrected chi connectivity index (χ0v) is 12.9. The van der Waals surface area contributed by atoms with E-state index in [1.165, 1.54) is 5.69 Å². The van der Waals surface area contributed by atoms with E-state index in [0.717, 1.165) is 45.0 Å². The van der Waals surface area contributed by atoms with Crippen LogP contribution in [0.15, 0.2) is 24.3 Å². The molecule has 1 aromatic carbocycles. The van der Waals surface area contributed by atoms with E-state index in [0.29, 0.717) is 0 Å². The number of rotatable bonds is 3. The number of benzene rings is 1. The molecule has 5 heteroatoms. The minimum atomic E-state index is 0.125. The lowest BCUT2D eigenvalue weighted by Crippen LogP contribution is -2.43. The van der Waals surface area contributed by atoms with Gasteiger partial charge in [-0.3, -0.25) is 4.90 Å². The van der Waals surface area contributed by atoms with Crippen LogP contribution in [0.25, 0.3) is 0 Å². The highest BCUT2D eigenvalue weighted by Crippen LogP contribution is 2.25. The van der Waals surface area contributed by atoms with E-state index in [1.54, 1.807) is 0 Å². The molecule has 5 nitrogen and oxygen atoms in total. The van der Waals surface area contributed by atoms with Gasteiger partial charge < -0.3 is 15.1 Å². The highest BCUT2D eigenvalue weighted by molar-refractivity contribution is 5.94. The van der Waals surface area contributed by atoms with Gasteiger partial charge in [-0.1, -0.05) is 0 Å². The lowest BCUT2D eigenvalue weighted by molar-refractivity contribution is 0.209. The van der Waals surface area contributed by atoms with Crippen molar-refractivity contribution in [1.82, 2.24) is 10.2 Å². The van der Waals surface area contributed by atoms with Gasteiger partial charge >= 0.3 is 6.03 Å². The Balaban J connectivity index is 1.71. The van der Waals surface area contributed by atoms with Gasteiger partial charge in [-0.05, 0) is 38.1 Å². The Morgan fingerprint density at radius 2 is 1.57 bits per heavy atom. The number of urea groups is 1. The molecule has 2 saturated heterocycles. The molecule has 0 spiro atoms. The van der Waals surface area contributed by atoms with Gasteiger partial charge in [0.1, 0.15) is 0 Å². The molecule has 1 N–H and O–H groups in total. The molecular formula is C16H24N4O. The molecule has 2 aliphatic rings. The molecule has 2 aliphatic heterocycles. The number of amides is 2. The minimum absolute atomic E-state index is 0.125. The molecule has 114 valence electrons. The van der Waals surface area contributed by atoms with Crippen LogP contribution in [0.4, 0.5) is 16.2 Å². The van der Waals surface area contributed by atoms with Crippen LogP contribution in [0.5, 0.6) is 0 Å². The fourth-order valence-electron chi connectivity index (χ4n) is 3.04. The Bertz CT molecular complexity index is 494. The average molecular weight is 288 g/mol. The summed E-state index contributed by atoms with van der Waals surface area (Å²) < 4.78 is 0. The zero-order valence-electron chi connectivity index (χ0n) is 12.9. The lowest BCUT2D eigenvalue weighted by atomic mass is 10.2. The van der Waals surface area contributed by atoms with Crippen LogP contribution in [0.3, 0.4) is 0 Å². The van der Waals surface area contributed by atoms with Crippen molar-refractivity contribution < 1.29 is 4.79 Å². The van der Waals surface area contributed by atoms with Crippen LogP contribution < -0.4 is 15.1 Å². The molecule has 2 fully saturated rings. The summed E-state index contributed by atoms with van der Waals surface area (Å²) in [6.07, 6.45) is 0. The first-order chi connectivity index (χ1) is 10.2. The highest BCUT2D eigenvalue weighted by atomic mass is 16.2. The number of carbonyl (C=O) groups is 1. The van der Waals surface area contributed by atoms with E-state index in [-0.39, 0.29) is 12.1 Å². The Kier molecular flexibility index (Phi) is 4.01. The van der Waals surface area contributed by atoms with Crippen LogP contribution in [0, 0.1) is 0 Å². The van der Waals surface area contributed by atoms with Crippen molar-refractivity contribution >= 4 is 17.4 Å². The van der Waals surface area contributed by atoms with Gasteiger partial charge in [0, 0.05) is 56.7 Å². The Hall–Kier alpha value is -1.75. The Labute approximate surface area is 126 Å². The predicted molar refractivity (Wildman–Crippen MR) is 86.1 cm³/mol. The highest BCUT2D eigenvalue weighted by Gasteiger charge is 2.30. The maximum Gasteiger partial charge on any atom is 0.324 e. The first kappa shape index (κ1) is 14.2. The van der Waals surface area contributed by atoms with Gasteiger partial charge in [-0.25, -0.2) is 4.79 Å². The molecule has 0 bridgehead atoms. The van der Waals surface area contributed by atoms with Gasteiger partial charge in [0.15, 0.2) is 0 Å². The normalized spacial score (nSPS) is 19.8. The lowest BCUT2D eigenvalue weighted by Gasteiger charge is -2.29. The average Bonchev–Trinajstić information content (AvgIpc) is 2.90. The second kappa shape index (κ2) is 5.93. The largest absolute Gasteiger partial charge is 0.369 e. The van der Waals surface area contributed by atoms with Crippen molar-refractivity contribution in [2.75, 3.05) is 49.1 Å². The van der Waals surface area contributed by atoms with Crippen molar-refractivity contribution in [2.45, 2.75) is 19.9 Å². The fraction of sp³-hybridized carbons (Fsp3) is 0.562. The van der Waals surface area contributed by atoms with Crippen molar-refractivity contribution in [2.24, 2.45) is 0 Å². The van der Waals surface area contributed by atoms with Gasteiger partial charge in [-0.15, -0.1) is 0 Å². The maximum absolute atomic E-state index is 12.4. The number of nitrogens with one attached hydrogen (secondary N) is 1. The fourth-order valence-corrected chi connectivity index (χ4v) is 3.04. The van der Waals surface area contributed by atoms with E-state index in [2.05, 4.69) is 48.3 Å². The Morgan fingerprint density at radius 3 is 2.14 bits per heavy atom. The van der Waals surface area contributed by atoms with Crippen LogP contribution in [-0.2, 0) is 0 Å². The number of nitrogens with zero attached hydrogens (tertiary/aromatic N) is 3.